The number of hydrogen-bond donors (Lipinski definition) is 2. The minimum atomic E-state index is -1.38. The molecular formula is C23H27FO6. The van der Waals surface area contributed by atoms with Crippen LogP contribution in [0.3, 0.4) is 0 Å². The summed E-state index contributed by atoms with van der Waals surface area (Å²) in [5.41, 5.74) is 0.0284. The fraction of sp³-hybridized carbons (Fsp3) is 0.391. The van der Waals surface area contributed by atoms with Gasteiger partial charge in [0.15, 0.2) is 5.78 Å². The summed E-state index contributed by atoms with van der Waals surface area (Å²) in [6.45, 7) is 9.31. The van der Waals surface area contributed by atoms with Gasteiger partial charge in [-0.2, -0.15) is 0 Å². The number of ketones is 1. The van der Waals surface area contributed by atoms with Gasteiger partial charge in [-0.25, -0.2) is 9.18 Å². The Labute approximate surface area is 175 Å². The van der Waals surface area contributed by atoms with Crippen LogP contribution in [0.5, 0.6) is 17.2 Å². The first kappa shape index (κ1) is 23.2. The lowest BCUT2D eigenvalue weighted by atomic mass is 9.87. The highest BCUT2D eigenvalue weighted by atomic mass is 19.1. The largest absolute Gasteiger partial charge is 0.507 e. The molecule has 2 aromatic carbocycles. The zero-order valence-corrected chi connectivity index (χ0v) is 17.8. The molecule has 0 heterocycles. The molecule has 0 bridgehead atoms. The van der Waals surface area contributed by atoms with Crippen LogP contribution in [0.4, 0.5) is 4.39 Å². The van der Waals surface area contributed by atoms with E-state index in [1.54, 1.807) is 19.9 Å². The second-order valence-electron chi connectivity index (χ2n) is 8.43. The molecule has 0 fully saturated rings. The van der Waals surface area contributed by atoms with E-state index in [0.717, 1.165) is 12.1 Å². The zero-order chi connectivity index (χ0) is 22.6. The first-order valence-corrected chi connectivity index (χ1v) is 9.57. The molecule has 2 rings (SSSR count). The summed E-state index contributed by atoms with van der Waals surface area (Å²) in [5.74, 6) is -1.87. The molecular weight excluding hydrogens is 391 g/mol. The molecule has 0 saturated heterocycles. The third-order valence-corrected chi connectivity index (χ3v) is 4.35. The molecule has 1 atom stereocenters. The van der Waals surface area contributed by atoms with Gasteiger partial charge in [0.05, 0.1) is 11.1 Å². The van der Waals surface area contributed by atoms with Crippen LogP contribution in [0.2, 0.25) is 0 Å². The van der Waals surface area contributed by atoms with Crippen LogP contribution in [0.1, 0.15) is 60.4 Å². The van der Waals surface area contributed by atoms with Crippen LogP contribution in [0.15, 0.2) is 30.3 Å². The number of phenols is 1. The number of carboxylic acids is 1. The predicted octanol–water partition coefficient (Wildman–Crippen LogP) is 5.00. The summed E-state index contributed by atoms with van der Waals surface area (Å²) >= 11 is 0. The van der Waals surface area contributed by atoms with Crippen molar-refractivity contribution in [2.24, 2.45) is 5.41 Å². The number of Topliss-reactive ketones (excluding diaryl/α,β-unsaturated/α-hetero) is 1. The molecule has 30 heavy (non-hydrogen) atoms. The van der Waals surface area contributed by atoms with Crippen molar-refractivity contribution in [1.29, 1.82) is 0 Å². The van der Waals surface area contributed by atoms with E-state index >= 15 is 0 Å². The summed E-state index contributed by atoms with van der Waals surface area (Å²) in [6, 6.07) is 6.64. The summed E-state index contributed by atoms with van der Waals surface area (Å²) in [5, 5.41) is 19.4. The van der Waals surface area contributed by atoms with Crippen molar-refractivity contribution in [2.45, 2.75) is 47.1 Å². The number of carbonyl (C=O) groups excluding carboxylic acids is 1. The average Bonchev–Trinajstić information content (AvgIpc) is 2.62. The molecule has 0 radical (unpaired) electrons. The van der Waals surface area contributed by atoms with Crippen molar-refractivity contribution in [2.75, 3.05) is 6.61 Å². The predicted molar refractivity (Wildman–Crippen MR) is 110 cm³/mol. The van der Waals surface area contributed by atoms with E-state index in [0.29, 0.717) is 17.7 Å². The van der Waals surface area contributed by atoms with Crippen LogP contribution < -0.4 is 9.47 Å². The molecule has 2 N–H and O–H groups in total. The maximum absolute atomic E-state index is 13.5. The van der Waals surface area contributed by atoms with Gasteiger partial charge in [-0.3, -0.25) is 4.79 Å². The Hall–Kier alpha value is -3.09. The van der Waals surface area contributed by atoms with Gasteiger partial charge in [-0.05, 0) is 49.6 Å². The standard InChI is InChI=1S/C23H27FO6/c1-13(30-15-6-8-18(24)17(10-15)22(27)28)12-29-20-9-7-16(21(26)14(20)2)19(25)11-23(3,4)5/h6-10,13,26H,11-12H2,1-5H3,(H,27,28)/t13-/m1/s1. The minimum Gasteiger partial charge on any atom is -0.507 e. The summed E-state index contributed by atoms with van der Waals surface area (Å²) in [4.78, 5) is 23.4. The molecule has 0 amide bonds. The van der Waals surface area contributed by atoms with Gasteiger partial charge >= 0.3 is 5.97 Å². The van der Waals surface area contributed by atoms with E-state index in [9.17, 15) is 19.1 Å². The Morgan fingerprint density at radius 3 is 2.40 bits per heavy atom. The van der Waals surface area contributed by atoms with Crippen LogP contribution in [0.25, 0.3) is 0 Å². The lowest BCUT2D eigenvalue weighted by Gasteiger charge is -2.19. The summed E-state index contributed by atoms with van der Waals surface area (Å²) in [6.07, 6.45) is -0.179. The van der Waals surface area contributed by atoms with Gasteiger partial charge < -0.3 is 19.7 Å². The van der Waals surface area contributed by atoms with Gasteiger partial charge in [0.25, 0.3) is 0 Å². The zero-order valence-electron chi connectivity index (χ0n) is 17.8. The molecule has 0 aliphatic rings. The molecule has 0 aliphatic heterocycles. The molecule has 0 saturated carbocycles. The van der Waals surface area contributed by atoms with Crippen LogP contribution in [-0.2, 0) is 0 Å². The number of carboxylic acid groups (broad SMARTS) is 1. The summed E-state index contributed by atoms with van der Waals surface area (Å²) < 4.78 is 24.8. The first-order valence-electron chi connectivity index (χ1n) is 9.57. The molecule has 7 heteroatoms. The fourth-order valence-electron chi connectivity index (χ4n) is 2.85. The van der Waals surface area contributed by atoms with Crippen molar-refractivity contribution in [3.05, 3.63) is 52.8 Å². The van der Waals surface area contributed by atoms with Gasteiger partial charge in [-0.15, -0.1) is 0 Å². The summed E-state index contributed by atoms with van der Waals surface area (Å²) in [7, 11) is 0. The van der Waals surface area contributed by atoms with Crippen LogP contribution in [-0.4, -0.2) is 34.7 Å². The van der Waals surface area contributed by atoms with E-state index in [1.165, 1.54) is 12.1 Å². The number of ether oxygens (including phenoxy) is 2. The normalized spacial score (nSPS) is 12.3. The Balaban J connectivity index is 2.05. The van der Waals surface area contributed by atoms with E-state index in [4.69, 9.17) is 14.6 Å². The fourth-order valence-corrected chi connectivity index (χ4v) is 2.85. The first-order chi connectivity index (χ1) is 13.9. The second kappa shape index (κ2) is 9.15. The van der Waals surface area contributed by atoms with E-state index in [1.807, 2.05) is 20.8 Å². The monoisotopic (exact) mass is 418 g/mol. The molecule has 162 valence electrons. The van der Waals surface area contributed by atoms with Crippen molar-refractivity contribution >= 4 is 11.8 Å². The van der Waals surface area contributed by atoms with Crippen LogP contribution >= 0.6 is 0 Å². The highest BCUT2D eigenvalue weighted by molar-refractivity contribution is 5.99. The lowest BCUT2D eigenvalue weighted by Crippen LogP contribution is -2.21. The van der Waals surface area contributed by atoms with E-state index in [-0.39, 0.29) is 34.9 Å². The Morgan fingerprint density at radius 2 is 1.80 bits per heavy atom. The number of benzene rings is 2. The minimum absolute atomic E-state index is 0.0926. The molecule has 2 aromatic rings. The number of halogens is 1. The quantitative estimate of drug-likeness (QED) is 0.586. The van der Waals surface area contributed by atoms with E-state index < -0.39 is 23.5 Å². The smallest absolute Gasteiger partial charge is 0.338 e. The Kier molecular flexibility index (Phi) is 7.08. The molecule has 0 unspecified atom stereocenters. The SMILES string of the molecule is Cc1c(OC[C@@H](C)Oc2ccc(F)c(C(=O)O)c2)ccc(C(=O)CC(C)(C)C)c1O. The number of hydrogen-bond acceptors (Lipinski definition) is 5. The second-order valence-corrected chi connectivity index (χ2v) is 8.43. The molecule has 0 aromatic heterocycles. The average molecular weight is 418 g/mol. The highest BCUT2D eigenvalue weighted by Crippen LogP contribution is 2.33. The molecule has 6 nitrogen and oxygen atoms in total. The molecule has 0 spiro atoms. The number of rotatable bonds is 8. The van der Waals surface area contributed by atoms with Gasteiger partial charge in [0.2, 0.25) is 0 Å². The molecule has 0 aliphatic carbocycles. The topological polar surface area (TPSA) is 93.1 Å². The van der Waals surface area contributed by atoms with E-state index in [2.05, 4.69) is 0 Å². The highest BCUT2D eigenvalue weighted by Gasteiger charge is 2.22. The number of carbonyl (C=O) groups is 2. The van der Waals surface area contributed by atoms with Gasteiger partial charge in [0.1, 0.15) is 35.8 Å². The maximum atomic E-state index is 13.5. The number of aromatic carboxylic acids is 1. The maximum Gasteiger partial charge on any atom is 0.338 e. The van der Waals surface area contributed by atoms with Gasteiger partial charge in [-0.1, -0.05) is 20.8 Å². The number of phenolic OH excluding ortho intramolecular Hbond substituents is 1. The van der Waals surface area contributed by atoms with Crippen molar-refractivity contribution in [1.82, 2.24) is 0 Å². The van der Waals surface area contributed by atoms with Crippen molar-refractivity contribution in [3.63, 3.8) is 0 Å². The van der Waals surface area contributed by atoms with Crippen molar-refractivity contribution in [3.8, 4) is 17.2 Å². The third-order valence-electron chi connectivity index (χ3n) is 4.35. The number of aromatic hydroxyl groups is 1. The van der Waals surface area contributed by atoms with Crippen molar-refractivity contribution < 1.29 is 33.7 Å². The van der Waals surface area contributed by atoms with Gasteiger partial charge in [0, 0.05) is 12.0 Å². The van der Waals surface area contributed by atoms with Crippen LogP contribution in [0, 0.1) is 18.2 Å². The Morgan fingerprint density at radius 1 is 1.13 bits per heavy atom. The Bertz CT molecular complexity index is 945. The third kappa shape index (κ3) is 5.95. The lowest BCUT2D eigenvalue weighted by molar-refractivity contribution is 0.0690.